The number of carbonyl (C=O) groups is 4. The summed E-state index contributed by atoms with van der Waals surface area (Å²) in [6.45, 7) is 3.07. The second kappa shape index (κ2) is 15.8. The van der Waals surface area contributed by atoms with Crippen LogP contribution in [0.15, 0.2) is 59.5 Å². The van der Waals surface area contributed by atoms with E-state index in [-0.39, 0.29) is 47.8 Å². The SMILES string of the molecule is Cc1cc(C(=O)N[C@@H]2CCCNC2=O)ncc1-c1ccc(C[C@H](N)C(=O)N(C(=O)C2CCC(CN)CC2)c2ccc3c(=O)[nH][nH]c3c2)cc1.Cl. The van der Waals surface area contributed by atoms with Crippen LogP contribution in [0, 0.1) is 18.8 Å². The maximum absolute atomic E-state index is 14.0. The molecule has 2 aliphatic rings. The Morgan fingerprint density at radius 2 is 1.74 bits per heavy atom. The molecule has 13 nitrogen and oxygen atoms in total. The highest BCUT2D eigenvalue weighted by Crippen LogP contribution is 2.32. The van der Waals surface area contributed by atoms with E-state index >= 15 is 0 Å². The van der Waals surface area contributed by atoms with Gasteiger partial charge in [-0.25, -0.2) is 4.90 Å². The number of carbonyl (C=O) groups excluding carboxylic acids is 4. The minimum absolute atomic E-state index is 0. The summed E-state index contributed by atoms with van der Waals surface area (Å²) in [5.74, 6) is -1.37. The number of halogens is 1. The van der Waals surface area contributed by atoms with Crippen molar-refractivity contribution in [3.63, 3.8) is 0 Å². The van der Waals surface area contributed by atoms with Crippen LogP contribution in [0.5, 0.6) is 0 Å². The first-order valence-corrected chi connectivity index (χ1v) is 16.8. The molecule has 6 rings (SSSR count). The normalized spacial score (nSPS) is 19.6. The van der Waals surface area contributed by atoms with E-state index < -0.39 is 23.9 Å². The maximum Gasteiger partial charge on any atom is 0.271 e. The average molecular weight is 703 g/mol. The highest BCUT2D eigenvalue weighted by atomic mass is 35.5. The Labute approximate surface area is 295 Å². The molecule has 2 fully saturated rings. The lowest BCUT2D eigenvalue weighted by Crippen LogP contribution is -2.50. The number of piperidine rings is 1. The maximum atomic E-state index is 14.0. The van der Waals surface area contributed by atoms with Crippen molar-refractivity contribution in [2.45, 2.75) is 64.0 Å². The lowest BCUT2D eigenvalue weighted by molar-refractivity contribution is -0.130. The van der Waals surface area contributed by atoms with E-state index in [1.807, 2.05) is 31.2 Å². The Hall–Kier alpha value is -4.85. The van der Waals surface area contributed by atoms with Crippen molar-refractivity contribution >= 4 is 52.6 Å². The predicted molar refractivity (Wildman–Crippen MR) is 193 cm³/mol. The molecule has 3 heterocycles. The van der Waals surface area contributed by atoms with Crippen LogP contribution in [0.3, 0.4) is 0 Å². The highest BCUT2D eigenvalue weighted by Gasteiger charge is 2.35. The summed E-state index contributed by atoms with van der Waals surface area (Å²) in [5, 5.41) is 11.3. The first-order chi connectivity index (χ1) is 23.6. The van der Waals surface area contributed by atoms with Crippen molar-refractivity contribution in [1.82, 2.24) is 25.8 Å². The van der Waals surface area contributed by atoms with E-state index in [1.54, 1.807) is 30.5 Å². The molecule has 4 aromatic rings. The van der Waals surface area contributed by atoms with Gasteiger partial charge in [0, 0.05) is 24.2 Å². The fourth-order valence-corrected chi connectivity index (χ4v) is 6.81. The first-order valence-electron chi connectivity index (χ1n) is 16.8. The summed E-state index contributed by atoms with van der Waals surface area (Å²) in [6, 6.07) is 12.5. The molecule has 264 valence electrons. The summed E-state index contributed by atoms with van der Waals surface area (Å²) >= 11 is 0. The number of aromatic amines is 2. The fraction of sp³-hybridized carbons (Fsp3) is 0.389. The van der Waals surface area contributed by atoms with Crippen LogP contribution in [-0.2, 0) is 20.8 Å². The van der Waals surface area contributed by atoms with Crippen LogP contribution >= 0.6 is 12.4 Å². The van der Waals surface area contributed by atoms with Gasteiger partial charge in [0.05, 0.1) is 22.6 Å². The van der Waals surface area contributed by atoms with Gasteiger partial charge in [-0.05, 0) is 105 Å². The number of fused-ring (bicyclic) bond motifs is 1. The number of aromatic nitrogens is 3. The van der Waals surface area contributed by atoms with Gasteiger partial charge in [0.1, 0.15) is 11.7 Å². The van der Waals surface area contributed by atoms with Crippen LogP contribution < -0.4 is 32.6 Å². The van der Waals surface area contributed by atoms with Crippen molar-refractivity contribution in [2.75, 3.05) is 18.0 Å². The minimum Gasteiger partial charge on any atom is -0.354 e. The number of anilines is 1. The zero-order chi connectivity index (χ0) is 34.7. The molecule has 0 bridgehead atoms. The van der Waals surface area contributed by atoms with Gasteiger partial charge in [-0.2, -0.15) is 0 Å². The van der Waals surface area contributed by atoms with Crippen LogP contribution in [-0.4, -0.2) is 64.0 Å². The van der Waals surface area contributed by atoms with Gasteiger partial charge in [-0.1, -0.05) is 24.3 Å². The second-order valence-corrected chi connectivity index (χ2v) is 13.1. The minimum atomic E-state index is -1.01. The van der Waals surface area contributed by atoms with E-state index in [0.29, 0.717) is 54.9 Å². The lowest BCUT2D eigenvalue weighted by Gasteiger charge is -2.32. The molecule has 50 heavy (non-hydrogen) atoms. The van der Waals surface area contributed by atoms with Crippen molar-refractivity contribution in [2.24, 2.45) is 23.3 Å². The molecule has 2 atom stereocenters. The van der Waals surface area contributed by atoms with Crippen LogP contribution in [0.1, 0.15) is 60.1 Å². The standard InChI is InChI=1S/C36H42N8O5.ClH/c1-20-15-31(34(47)41-29-3-2-14-39-33(29)46)40-19-27(20)23-8-4-21(5-9-23)16-28(38)36(49)44(35(48)24-10-6-22(18-37)7-11-24)25-12-13-26-30(17-25)42-43-32(26)45;/h4-5,8-9,12-13,15,17,19,22,24,28-29H,2-3,6-7,10-11,14,16,18,37-38H2,1H3,(H,39,46)(H,41,47)(H2,42,43,45);1H/t22?,24?,28-,29+;/m0./s1. The number of H-pyrrole nitrogens is 2. The number of aryl methyl sites for hydroxylation is 1. The Kier molecular flexibility index (Phi) is 11.5. The molecule has 0 unspecified atom stereocenters. The van der Waals surface area contributed by atoms with E-state index in [9.17, 15) is 24.0 Å². The summed E-state index contributed by atoms with van der Waals surface area (Å²) in [7, 11) is 0. The van der Waals surface area contributed by atoms with E-state index in [0.717, 1.165) is 41.5 Å². The Bertz CT molecular complexity index is 1930. The summed E-state index contributed by atoms with van der Waals surface area (Å²) in [4.78, 5) is 70.4. The molecule has 1 aliphatic heterocycles. The van der Waals surface area contributed by atoms with E-state index in [2.05, 4.69) is 25.8 Å². The van der Waals surface area contributed by atoms with Crippen molar-refractivity contribution in [3.8, 4) is 11.1 Å². The summed E-state index contributed by atoms with van der Waals surface area (Å²) in [6.07, 6.45) is 6.14. The topological polar surface area (TPSA) is 209 Å². The van der Waals surface area contributed by atoms with Crippen molar-refractivity contribution in [1.29, 1.82) is 0 Å². The van der Waals surface area contributed by atoms with Gasteiger partial charge in [-0.3, -0.25) is 39.2 Å². The third-order valence-electron chi connectivity index (χ3n) is 9.76. The number of hydrogen-bond acceptors (Lipinski definition) is 8. The number of benzene rings is 2. The number of rotatable bonds is 9. The molecular weight excluding hydrogens is 660 g/mol. The second-order valence-electron chi connectivity index (χ2n) is 13.1. The van der Waals surface area contributed by atoms with Gasteiger partial charge in [0.15, 0.2) is 0 Å². The monoisotopic (exact) mass is 702 g/mol. The van der Waals surface area contributed by atoms with Gasteiger partial charge in [-0.15, -0.1) is 12.4 Å². The average Bonchev–Trinajstić information content (AvgIpc) is 3.49. The number of amides is 4. The molecule has 1 saturated carbocycles. The Morgan fingerprint density at radius 3 is 2.42 bits per heavy atom. The molecule has 2 aromatic heterocycles. The third kappa shape index (κ3) is 7.80. The van der Waals surface area contributed by atoms with Crippen molar-refractivity contribution in [3.05, 3.63) is 81.9 Å². The quantitative estimate of drug-likeness (QED) is 0.152. The van der Waals surface area contributed by atoms with E-state index in [4.69, 9.17) is 11.5 Å². The highest BCUT2D eigenvalue weighted by molar-refractivity contribution is 6.17. The molecule has 0 spiro atoms. The van der Waals surface area contributed by atoms with Gasteiger partial charge >= 0.3 is 0 Å². The van der Waals surface area contributed by atoms with Crippen LogP contribution in [0.4, 0.5) is 5.69 Å². The molecule has 0 radical (unpaired) electrons. The molecule has 1 aliphatic carbocycles. The molecule has 1 saturated heterocycles. The van der Waals surface area contributed by atoms with Crippen LogP contribution in [0.25, 0.3) is 22.0 Å². The number of imide groups is 1. The molecular formula is C36H43ClN8O5. The fourth-order valence-electron chi connectivity index (χ4n) is 6.81. The Morgan fingerprint density at radius 1 is 1.00 bits per heavy atom. The number of pyridine rings is 1. The number of nitrogens with zero attached hydrogens (tertiary/aromatic N) is 2. The van der Waals surface area contributed by atoms with E-state index in [1.165, 1.54) is 4.90 Å². The molecule has 4 amide bonds. The zero-order valence-electron chi connectivity index (χ0n) is 27.9. The summed E-state index contributed by atoms with van der Waals surface area (Å²) < 4.78 is 0. The van der Waals surface area contributed by atoms with Gasteiger partial charge in [0.25, 0.3) is 17.4 Å². The Balaban J connectivity index is 0.00000486. The third-order valence-corrected chi connectivity index (χ3v) is 9.76. The lowest BCUT2D eigenvalue weighted by atomic mass is 9.81. The summed E-state index contributed by atoms with van der Waals surface area (Å²) in [5.41, 5.74) is 16.5. The zero-order valence-corrected chi connectivity index (χ0v) is 28.7. The van der Waals surface area contributed by atoms with Gasteiger partial charge < -0.3 is 22.1 Å². The largest absolute Gasteiger partial charge is 0.354 e. The molecule has 2 aromatic carbocycles. The first kappa shape index (κ1) is 36.4. The van der Waals surface area contributed by atoms with Crippen molar-refractivity contribution < 1.29 is 19.2 Å². The number of hydrogen-bond donors (Lipinski definition) is 6. The number of nitrogens with one attached hydrogen (secondary N) is 4. The predicted octanol–water partition coefficient (Wildman–Crippen LogP) is 2.85. The number of nitrogens with two attached hydrogens (primary N) is 2. The smallest absolute Gasteiger partial charge is 0.271 e. The molecule has 14 heteroatoms. The van der Waals surface area contributed by atoms with Gasteiger partial charge in [0.2, 0.25) is 11.8 Å². The van der Waals surface area contributed by atoms with Crippen LogP contribution in [0.2, 0.25) is 0 Å². The molecule has 8 N–H and O–H groups in total.